The van der Waals surface area contributed by atoms with Crippen LogP contribution in [0.3, 0.4) is 0 Å². The normalized spacial score (nSPS) is 9.89. The number of nitrogens with one attached hydrogen (secondary N) is 1. The number of hydrogen-bond acceptors (Lipinski definition) is 2. The highest BCUT2D eigenvalue weighted by atomic mass is 14.9. The zero-order chi connectivity index (χ0) is 13.1. The fraction of sp³-hybridized carbons (Fsp3) is 0.188. The molecule has 0 bridgehead atoms. The minimum atomic E-state index is 0.678. The number of anilines is 2. The van der Waals surface area contributed by atoms with E-state index < -0.39 is 0 Å². The van der Waals surface area contributed by atoms with Gasteiger partial charge in [0.15, 0.2) is 0 Å². The lowest BCUT2D eigenvalue weighted by Crippen LogP contribution is -1.98. The minimum absolute atomic E-state index is 0.678. The van der Waals surface area contributed by atoms with Crippen molar-refractivity contribution in [3.8, 4) is 6.07 Å². The van der Waals surface area contributed by atoms with Gasteiger partial charge in [-0.2, -0.15) is 5.26 Å². The first-order valence-corrected chi connectivity index (χ1v) is 5.96. The van der Waals surface area contributed by atoms with Crippen LogP contribution in [-0.4, -0.2) is 0 Å². The molecule has 2 rings (SSSR count). The zero-order valence-electron chi connectivity index (χ0n) is 10.9. The molecule has 0 amide bonds. The molecular weight excluding hydrogens is 220 g/mol. The van der Waals surface area contributed by atoms with Crippen LogP contribution in [0.5, 0.6) is 0 Å². The first-order valence-electron chi connectivity index (χ1n) is 5.96. The van der Waals surface area contributed by atoms with Crippen LogP contribution in [0.15, 0.2) is 36.4 Å². The summed E-state index contributed by atoms with van der Waals surface area (Å²) in [6.45, 7) is 6.12. The van der Waals surface area contributed by atoms with Crippen molar-refractivity contribution in [1.82, 2.24) is 0 Å². The number of nitriles is 1. The van der Waals surface area contributed by atoms with Gasteiger partial charge >= 0.3 is 0 Å². The van der Waals surface area contributed by atoms with Crippen LogP contribution in [0.4, 0.5) is 11.4 Å². The van der Waals surface area contributed by atoms with E-state index in [1.807, 2.05) is 31.2 Å². The van der Waals surface area contributed by atoms with Crippen LogP contribution in [0.25, 0.3) is 0 Å². The number of nitrogens with zero attached hydrogens (tertiary/aromatic N) is 1. The van der Waals surface area contributed by atoms with Gasteiger partial charge in [0.25, 0.3) is 0 Å². The Balaban J connectivity index is 2.44. The maximum atomic E-state index is 9.17. The van der Waals surface area contributed by atoms with E-state index in [-0.39, 0.29) is 0 Å². The summed E-state index contributed by atoms with van der Waals surface area (Å²) in [5.74, 6) is 0. The Morgan fingerprint density at radius 1 is 1.00 bits per heavy atom. The van der Waals surface area contributed by atoms with Gasteiger partial charge < -0.3 is 5.32 Å². The Bertz CT molecular complexity index is 601. The molecule has 1 N–H and O–H groups in total. The summed E-state index contributed by atoms with van der Waals surface area (Å²) < 4.78 is 0. The molecule has 0 fully saturated rings. The average Bonchev–Trinajstić information content (AvgIpc) is 2.35. The number of rotatable bonds is 2. The molecule has 0 saturated carbocycles. The average molecular weight is 236 g/mol. The molecule has 0 heterocycles. The molecule has 2 aromatic carbocycles. The summed E-state index contributed by atoms with van der Waals surface area (Å²) in [6, 6.07) is 14.3. The standard InChI is InChI=1S/C16H16N2/c1-11-7-8-15(14(9-11)10-17)18-16-12(2)5-4-6-13(16)3/h4-9,18H,1-3H3. The van der Waals surface area contributed by atoms with Crippen molar-refractivity contribution < 1.29 is 0 Å². The molecule has 0 radical (unpaired) electrons. The summed E-state index contributed by atoms with van der Waals surface area (Å²) in [7, 11) is 0. The second kappa shape index (κ2) is 4.93. The topological polar surface area (TPSA) is 35.8 Å². The monoisotopic (exact) mass is 236 g/mol. The fourth-order valence-corrected chi connectivity index (χ4v) is 2.01. The number of benzene rings is 2. The van der Waals surface area contributed by atoms with Gasteiger partial charge in [0.05, 0.1) is 11.3 Å². The highest BCUT2D eigenvalue weighted by Gasteiger charge is 2.06. The van der Waals surface area contributed by atoms with Crippen molar-refractivity contribution >= 4 is 11.4 Å². The third-order valence-electron chi connectivity index (χ3n) is 3.04. The maximum absolute atomic E-state index is 9.17. The molecule has 0 saturated heterocycles. The first kappa shape index (κ1) is 12.2. The quantitative estimate of drug-likeness (QED) is 0.847. The highest BCUT2D eigenvalue weighted by Crippen LogP contribution is 2.26. The van der Waals surface area contributed by atoms with Crippen LogP contribution in [0.2, 0.25) is 0 Å². The van der Waals surface area contributed by atoms with Crippen molar-refractivity contribution in [3.05, 3.63) is 58.7 Å². The van der Waals surface area contributed by atoms with Gasteiger partial charge in [-0.15, -0.1) is 0 Å². The van der Waals surface area contributed by atoms with Gasteiger partial charge in [-0.05, 0) is 49.6 Å². The Labute approximate surface area is 108 Å². The molecule has 0 aliphatic rings. The Morgan fingerprint density at radius 2 is 1.67 bits per heavy atom. The molecule has 0 atom stereocenters. The predicted octanol–water partition coefficient (Wildman–Crippen LogP) is 4.23. The second-order valence-electron chi connectivity index (χ2n) is 4.55. The summed E-state index contributed by atoms with van der Waals surface area (Å²) >= 11 is 0. The van der Waals surface area contributed by atoms with Gasteiger partial charge in [-0.25, -0.2) is 0 Å². The molecule has 90 valence electrons. The third kappa shape index (κ3) is 2.36. The number of hydrogen-bond donors (Lipinski definition) is 1. The van der Waals surface area contributed by atoms with E-state index in [1.54, 1.807) is 0 Å². The van der Waals surface area contributed by atoms with E-state index in [2.05, 4.69) is 37.4 Å². The molecule has 18 heavy (non-hydrogen) atoms. The molecule has 0 spiro atoms. The molecule has 0 aliphatic carbocycles. The largest absolute Gasteiger partial charge is 0.354 e. The Kier molecular flexibility index (Phi) is 3.34. The van der Waals surface area contributed by atoms with Crippen molar-refractivity contribution in [1.29, 1.82) is 5.26 Å². The smallest absolute Gasteiger partial charge is 0.101 e. The van der Waals surface area contributed by atoms with E-state index in [0.29, 0.717) is 5.56 Å². The van der Waals surface area contributed by atoms with Crippen molar-refractivity contribution in [3.63, 3.8) is 0 Å². The Hall–Kier alpha value is -2.27. The van der Waals surface area contributed by atoms with Crippen molar-refractivity contribution in [2.75, 3.05) is 5.32 Å². The molecule has 2 nitrogen and oxygen atoms in total. The van der Waals surface area contributed by atoms with Gasteiger partial charge in [-0.1, -0.05) is 24.3 Å². The van der Waals surface area contributed by atoms with Gasteiger partial charge in [0.2, 0.25) is 0 Å². The molecular formula is C16H16N2. The SMILES string of the molecule is Cc1ccc(Nc2c(C)cccc2C)c(C#N)c1. The van der Waals surface area contributed by atoms with Crippen LogP contribution in [0.1, 0.15) is 22.3 Å². The van der Waals surface area contributed by atoms with Crippen LogP contribution < -0.4 is 5.32 Å². The van der Waals surface area contributed by atoms with E-state index in [0.717, 1.165) is 16.9 Å². The van der Waals surface area contributed by atoms with E-state index >= 15 is 0 Å². The molecule has 0 aromatic heterocycles. The summed E-state index contributed by atoms with van der Waals surface area (Å²) in [4.78, 5) is 0. The summed E-state index contributed by atoms with van der Waals surface area (Å²) in [6.07, 6.45) is 0. The lowest BCUT2D eigenvalue weighted by Gasteiger charge is -2.14. The predicted molar refractivity (Wildman–Crippen MR) is 75.1 cm³/mol. The summed E-state index contributed by atoms with van der Waals surface area (Å²) in [5, 5.41) is 12.5. The van der Waals surface area contributed by atoms with Crippen molar-refractivity contribution in [2.45, 2.75) is 20.8 Å². The van der Waals surface area contributed by atoms with Gasteiger partial charge in [0.1, 0.15) is 6.07 Å². The third-order valence-corrected chi connectivity index (χ3v) is 3.04. The Morgan fingerprint density at radius 3 is 2.28 bits per heavy atom. The highest BCUT2D eigenvalue weighted by molar-refractivity contribution is 5.71. The van der Waals surface area contributed by atoms with Crippen molar-refractivity contribution in [2.24, 2.45) is 0 Å². The molecule has 0 aliphatic heterocycles. The lowest BCUT2D eigenvalue weighted by molar-refractivity contribution is 1.34. The zero-order valence-corrected chi connectivity index (χ0v) is 10.9. The summed E-state index contributed by atoms with van der Waals surface area (Å²) in [5.41, 5.74) is 6.08. The lowest BCUT2D eigenvalue weighted by atomic mass is 10.1. The van der Waals surface area contributed by atoms with Crippen LogP contribution in [-0.2, 0) is 0 Å². The molecule has 0 unspecified atom stereocenters. The minimum Gasteiger partial charge on any atom is -0.354 e. The molecule has 2 aromatic rings. The van der Waals surface area contributed by atoms with Crippen LogP contribution in [0, 0.1) is 32.1 Å². The van der Waals surface area contributed by atoms with E-state index in [4.69, 9.17) is 5.26 Å². The van der Waals surface area contributed by atoms with Gasteiger partial charge in [0, 0.05) is 5.69 Å². The van der Waals surface area contributed by atoms with E-state index in [1.165, 1.54) is 11.1 Å². The fourth-order valence-electron chi connectivity index (χ4n) is 2.01. The van der Waals surface area contributed by atoms with Crippen LogP contribution >= 0.6 is 0 Å². The molecule has 2 heteroatoms. The number of aryl methyl sites for hydroxylation is 3. The number of para-hydroxylation sites is 1. The first-order chi connectivity index (χ1) is 8.61. The second-order valence-corrected chi connectivity index (χ2v) is 4.55. The van der Waals surface area contributed by atoms with Gasteiger partial charge in [-0.3, -0.25) is 0 Å². The maximum Gasteiger partial charge on any atom is 0.101 e. The van der Waals surface area contributed by atoms with E-state index in [9.17, 15) is 0 Å².